The van der Waals surface area contributed by atoms with Crippen molar-refractivity contribution in [3.8, 4) is 0 Å². The summed E-state index contributed by atoms with van der Waals surface area (Å²) in [5, 5.41) is 16.5. The first-order chi connectivity index (χ1) is 8.68. The molecule has 0 aliphatic carbocycles. The monoisotopic (exact) mass is 270 g/mol. The van der Waals surface area contributed by atoms with E-state index in [1.807, 2.05) is 0 Å². The molecule has 2 rings (SSSR count). The second-order valence-corrected chi connectivity index (χ2v) is 5.08. The number of aromatic nitrogens is 3. The van der Waals surface area contributed by atoms with Gasteiger partial charge in [-0.1, -0.05) is 5.21 Å². The van der Waals surface area contributed by atoms with Gasteiger partial charge in [0.2, 0.25) is 5.91 Å². The maximum atomic E-state index is 12.0. The molecular weight excluding hydrogens is 256 g/mol. The Morgan fingerprint density at radius 3 is 3.00 bits per heavy atom. The van der Waals surface area contributed by atoms with Crippen LogP contribution in [-0.4, -0.2) is 61.0 Å². The van der Waals surface area contributed by atoms with E-state index in [1.165, 1.54) is 4.90 Å². The molecule has 0 radical (unpaired) electrons. The maximum Gasteiger partial charge on any atom is 0.327 e. The highest BCUT2D eigenvalue weighted by Crippen LogP contribution is 2.17. The number of aryl methyl sites for hydroxylation is 1. The lowest BCUT2D eigenvalue weighted by molar-refractivity contribution is -0.149. The summed E-state index contributed by atoms with van der Waals surface area (Å²) < 4.78 is 1.56. The number of hydrogen-bond acceptors (Lipinski definition) is 5. The zero-order chi connectivity index (χ0) is 13.0. The van der Waals surface area contributed by atoms with Gasteiger partial charge in [-0.05, 0) is 0 Å². The summed E-state index contributed by atoms with van der Waals surface area (Å²) in [6, 6.07) is -0.702. The van der Waals surface area contributed by atoms with E-state index in [0.29, 0.717) is 18.8 Å². The number of carbonyl (C=O) groups excluding carboxylic acids is 1. The van der Waals surface area contributed by atoms with Crippen molar-refractivity contribution >= 4 is 23.6 Å². The molecule has 1 amide bonds. The zero-order valence-electron chi connectivity index (χ0n) is 9.73. The predicted molar refractivity (Wildman–Crippen MR) is 65.1 cm³/mol. The zero-order valence-corrected chi connectivity index (χ0v) is 10.5. The Bertz CT molecular complexity index is 423. The SMILES string of the molecule is O=C(O)C1CSCCN1C(=O)CCn1ccnn1. The topological polar surface area (TPSA) is 88.3 Å². The maximum absolute atomic E-state index is 12.0. The second kappa shape index (κ2) is 5.85. The van der Waals surface area contributed by atoms with Crippen LogP contribution in [-0.2, 0) is 16.1 Å². The van der Waals surface area contributed by atoms with Crippen molar-refractivity contribution in [2.24, 2.45) is 0 Å². The molecule has 1 N–H and O–H groups in total. The van der Waals surface area contributed by atoms with Gasteiger partial charge in [-0.3, -0.25) is 9.48 Å². The highest BCUT2D eigenvalue weighted by atomic mass is 32.2. The van der Waals surface area contributed by atoms with Crippen LogP contribution in [0.5, 0.6) is 0 Å². The van der Waals surface area contributed by atoms with Gasteiger partial charge in [0.1, 0.15) is 6.04 Å². The summed E-state index contributed by atoms with van der Waals surface area (Å²) >= 11 is 1.57. The minimum atomic E-state index is -0.934. The summed E-state index contributed by atoms with van der Waals surface area (Å²) in [6.07, 6.45) is 3.47. The lowest BCUT2D eigenvalue weighted by Crippen LogP contribution is -2.50. The number of aliphatic carboxylic acids is 1. The van der Waals surface area contributed by atoms with Gasteiger partial charge in [-0.15, -0.1) is 5.10 Å². The molecule has 8 heteroatoms. The summed E-state index contributed by atoms with van der Waals surface area (Å²) in [6.45, 7) is 0.923. The van der Waals surface area contributed by atoms with Crippen LogP contribution in [0.2, 0.25) is 0 Å². The van der Waals surface area contributed by atoms with Crippen LogP contribution in [0.25, 0.3) is 0 Å². The summed E-state index contributed by atoms with van der Waals surface area (Å²) in [5.74, 6) is 0.179. The lowest BCUT2D eigenvalue weighted by Gasteiger charge is -2.32. The molecule has 0 bridgehead atoms. The fourth-order valence-electron chi connectivity index (χ4n) is 1.81. The number of thioether (sulfide) groups is 1. The van der Waals surface area contributed by atoms with Crippen molar-refractivity contribution in [2.45, 2.75) is 19.0 Å². The van der Waals surface area contributed by atoms with E-state index in [2.05, 4.69) is 10.3 Å². The first kappa shape index (κ1) is 12.9. The van der Waals surface area contributed by atoms with Crippen molar-refractivity contribution in [1.29, 1.82) is 0 Å². The first-order valence-corrected chi connectivity index (χ1v) is 6.78. The molecule has 18 heavy (non-hydrogen) atoms. The van der Waals surface area contributed by atoms with E-state index >= 15 is 0 Å². The Kier molecular flexibility index (Phi) is 4.19. The average Bonchev–Trinajstić information content (AvgIpc) is 2.89. The average molecular weight is 270 g/mol. The van der Waals surface area contributed by atoms with Gasteiger partial charge in [-0.2, -0.15) is 11.8 Å². The Hall–Kier alpha value is -1.57. The number of amides is 1. The van der Waals surface area contributed by atoms with Crippen molar-refractivity contribution < 1.29 is 14.7 Å². The molecule has 1 saturated heterocycles. The van der Waals surface area contributed by atoms with Crippen LogP contribution in [0.1, 0.15) is 6.42 Å². The molecule has 1 unspecified atom stereocenters. The van der Waals surface area contributed by atoms with Crippen molar-refractivity contribution in [3.63, 3.8) is 0 Å². The highest BCUT2D eigenvalue weighted by molar-refractivity contribution is 7.99. The minimum absolute atomic E-state index is 0.141. The van der Waals surface area contributed by atoms with Crippen LogP contribution in [0.4, 0.5) is 0 Å². The normalized spacial score (nSPS) is 19.8. The lowest BCUT2D eigenvalue weighted by atomic mass is 10.2. The minimum Gasteiger partial charge on any atom is -0.480 e. The first-order valence-electron chi connectivity index (χ1n) is 5.62. The van der Waals surface area contributed by atoms with Crippen molar-refractivity contribution in [2.75, 3.05) is 18.1 Å². The fourth-order valence-corrected chi connectivity index (χ4v) is 2.85. The third kappa shape index (κ3) is 3.00. The Balaban J connectivity index is 1.92. The largest absolute Gasteiger partial charge is 0.480 e. The molecule has 1 aromatic heterocycles. The van der Waals surface area contributed by atoms with Crippen molar-refractivity contribution in [1.82, 2.24) is 19.9 Å². The summed E-state index contributed by atoms with van der Waals surface area (Å²) in [5.41, 5.74) is 0. The van der Waals surface area contributed by atoms with Gasteiger partial charge in [-0.25, -0.2) is 4.79 Å². The van der Waals surface area contributed by atoms with E-state index in [0.717, 1.165) is 5.75 Å². The molecule has 1 aliphatic heterocycles. The standard InChI is InChI=1S/C10H14N4O3S/c15-9(1-3-13-4-2-11-12-13)14-5-6-18-7-8(14)10(16)17/h2,4,8H,1,3,5-7H2,(H,16,17). The molecule has 2 heterocycles. The predicted octanol–water partition coefficient (Wildman–Crippen LogP) is -0.303. The van der Waals surface area contributed by atoms with Gasteiger partial charge < -0.3 is 10.0 Å². The van der Waals surface area contributed by atoms with Crippen LogP contribution in [0, 0.1) is 0 Å². The molecule has 1 atom stereocenters. The Labute approximate surface area is 108 Å². The quantitative estimate of drug-likeness (QED) is 0.808. The van der Waals surface area contributed by atoms with E-state index in [9.17, 15) is 9.59 Å². The molecule has 7 nitrogen and oxygen atoms in total. The Morgan fingerprint density at radius 2 is 2.33 bits per heavy atom. The van der Waals surface area contributed by atoms with Crippen LogP contribution < -0.4 is 0 Å². The van der Waals surface area contributed by atoms with E-state index < -0.39 is 12.0 Å². The molecular formula is C10H14N4O3S. The van der Waals surface area contributed by atoms with E-state index in [-0.39, 0.29) is 12.3 Å². The molecule has 1 aliphatic rings. The van der Waals surface area contributed by atoms with Gasteiger partial charge in [0.25, 0.3) is 0 Å². The molecule has 0 aromatic carbocycles. The summed E-state index contributed by atoms with van der Waals surface area (Å²) in [4.78, 5) is 24.5. The van der Waals surface area contributed by atoms with Gasteiger partial charge in [0.15, 0.2) is 0 Å². The number of carboxylic acid groups (broad SMARTS) is 1. The summed E-state index contributed by atoms with van der Waals surface area (Å²) in [7, 11) is 0. The number of hydrogen-bond donors (Lipinski definition) is 1. The van der Waals surface area contributed by atoms with Gasteiger partial charge >= 0.3 is 5.97 Å². The van der Waals surface area contributed by atoms with Crippen LogP contribution in [0.3, 0.4) is 0 Å². The third-order valence-corrected chi connectivity index (χ3v) is 3.78. The Morgan fingerprint density at radius 1 is 1.50 bits per heavy atom. The molecule has 1 fully saturated rings. The molecule has 0 spiro atoms. The smallest absolute Gasteiger partial charge is 0.327 e. The van der Waals surface area contributed by atoms with Crippen LogP contribution in [0.15, 0.2) is 12.4 Å². The number of rotatable bonds is 4. The number of carboxylic acids is 1. The van der Waals surface area contributed by atoms with E-state index in [4.69, 9.17) is 5.11 Å². The highest BCUT2D eigenvalue weighted by Gasteiger charge is 2.31. The number of carbonyl (C=O) groups is 2. The van der Waals surface area contributed by atoms with Gasteiger partial charge in [0, 0.05) is 30.7 Å². The number of nitrogens with zero attached hydrogens (tertiary/aromatic N) is 4. The van der Waals surface area contributed by atoms with Gasteiger partial charge in [0.05, 0.1) is 12.7 Å². The molecule has 1 aromatic rings. The fraction of sp³-hybridized carbons (Fsp3) is 0.600. The third-order valence-electron chi connectivity index (χ3n) is 2.76. The van der Waals surface area contributed by atoms with Crippen LogP contribution >= 0.6 is 11.8 Å². The van der Waals surface area contributed by atoms with E-state index in [1.54, 1.807) is 28.8 Å². The second-order valence-electron chi connectivity index (χ2n) is 3.93. The molecule has 98 valence electrons. The van der Waals surface area contributed by atoms with Crippen molar-refractivity contribution in [3.05, 3.63) is 12.4 Å². The molecule has 0 saturated carbocycles.